The summed E-state index contributed by atoms with van der Waals surface area (Å²) < 4.78 is 1.77. The van der Waals surface area contributed by atoms with Crippen LogP contribution in [0.2, 0.25) is 0 Å². The third kappa shape index (κ3) is 3.48. The highest BCUT2D eigenvalue weighted by atomic mass is 16.3. The van der Waals surface area contributed by atoms with Crippen LogP contribution in [0.5, 0.6) is 0 Å². The average Bonchev–Trinajstić information content (AvgIpc) is 3.51. The summed E-state index contributed by atoms with van der Waals surface area (Å²) in [6, 6.07) is 28.9. The molecule has 4 heterocycles. The molecule has 2 aliphatic rings. The van der Waals surface area contributed by atoms with E-state index in [2.05, 4.69) is 28.3 Å². The largest absolute Gasteiger partial charge is 0.393 e. The van der Waals surface area contributed by atoms with Crippen molar-refractivity contribution in [1.82, 2.24) is 24.5 Å². The van der Waals surface area contributed by atoms with Crippen LogP contribution in [-0.2, 0) is 5.54 Å². The quantitative estimate of drug-likeness (QED) is 0.288. The fraction of sp³-hybridized carbons (Fsp3) is 0.147. The standard InChI is InChI=1S/C34H25N5O3/c1-20-15-29-35-19-23-16-28(21-7-3-2-4-8-21)30(36-31(23)39(29)37-20)22-11-13-24(14-12-22)34(17-25(40)18-34)38-32(41)26-9-5-6-10-27(26)33(38)42/h2-16,19,25,40H,17-18H2,1H3/t25-,34-. The monoisotopic (exact) mass is 551 g/mol. The fourth-order valence-electron chi connectivity index (χ4n) is 6.49. The Morgan fingerprint density at radius 1 is 0.810 bits per heavy atom. The lowest BCUT2D eigenvalue weighted by Crippen LogP contribution is -2.59. The molecule has 8 rings (SSSR count). The number of amides is 2. The number of aryl methyl sites for hydroxylation is 1. The maximum Gasteiger partial charge on any atom is 0.262 e. The summed E-state index contributed by atoms with van der Waals surface area (Å²) in [5, 5.41) is 15.9. The number of benzene rings is 3. The van der Waals surface area contributed by atoms with Crippen molar-refractivity contribution in [3.05, 3.63) is 120 Å². The van der Waals surface area contributed by atoms with Gasteiger partial charge < -0.3 is 5.11 Å². The Labute approximate surface area is 240 Å². The summed E-state index contributed by atoms with van der Waals surface area (Å²) >= 11 is 0. The predicted octanol–water partition coefficient (Wildman–Crippen LogP) is 5.57. The van der Waals surface area contributed by atoms with Gasteiger partial charge in [0, 0.05) is 41.6 Å². The molecule has 2 amide bonds. The molecule has 0 spiro atoms. The first-order valence-corrected chi connectivity index (χ1v) is 13.9. The van der Waals surface area contributed by atoms with Gasteiger partial charge in [0.25, 0.3) is 11.8 Å². The number of imide groups is 1. The van der Waals surface area contributed by atoms with Gasteiger partial charge in [0.2, 0.25) is 0 Å². The van der Waals surface area contributed by atoms with E-state index in [-0.39, 0.29) is 11.8 Å². The molecule has 1 aliphatic carbocycles. The first-order chi connectivity index (χ1) is 20.4. The molecule has 1 saturated carbocycles. The molecule has 8 nitrogen and oxygen atoms in total. The Morgan fingerprint density at radius 3 is 2.14 bits per heavy atom. The molecule has 0 atom stereocenters. The molecule has 0 saturated heterocycles. The van der Waals surface area contributed by atoms with Crippen LogP contribution in [0.15, 0.2) is 97.2 Å². The Hall–Kier alpha value is -5.21. The fourth-order valence-corrected chi connectivity index (χ4v) is 6.49. The van der Waals surface area contributed by atoms with Gasteiger partial charge in [-0.1, -0.05) is 66.7 Å². The second-order valence-corrected chi connectivity index (χ2v) is 11.1. The number of rotatable bonds is 4. The summed E-state index contributed by atoms with van der Waals surface area (Å²) in [6.45, 7) is 1.93. The number of aromatic nitrogens is 4. The van der Waals surface area contributed by atoms with Crippen molar-refractivity contribution >= 4 is 28.5 Å². The van der Waals surface area contributed by atoms with Gasteiger partial charge in [0.15, 0.2) is 11.3 Å². The first kappa shape index (κ1) is 24.6. The van der Waals surface area contributed by atoms with Gasteiger partial charge in [-0.15, -0.1) is 0 Å². The van der Waals surface area contributed by atoms with Gasteiger partial charge in [-0.2, -0.15) is 9.61 Å². The molecule has 204 valence electrons. The van der Waals surface area contributed by atoms with Crippen molar-refractivity contribution in [3.8, 4) is 22.4 Å². The summed E-state index contributed by atoms with van der Waals surface area (Å²) in [7, 11) is 0. The van der Waals surface area contributed by atoms with Gasteiger partial charge in [-0.05, 0) is 36.2 Å². The third-order valence-electron chi connectivity index (χ3n) is 8.53. The molecule has 0 radical (unpaired) electrons. The van der Waals surface area contributed by atoms with E-state index >= 15 is 0 Å². The molecule has 1 N–H and O–H groups in total. The maximum absolute atomic E-state index is 13.4. The Bertz CT molecular complexity index is 2030. The van der Waals surface area contributed by atoms with E-state index in [1.807, 2.05) is 61.7 Å². The highest BCUT2D eigenvalue weighted by Gasteiger charge is 2.56. The van der Waals surface area contributed by atoms with E-state index < -0.39 is 11.6 Å². The van der Waals surface area contributed by atoms with Crippen molar-refractivity contribution in [2.24, 2.45) is 0 Å². The molecule has 3 aromatic carbocycles. The molecular weight excluding hydrogens is 526 g/mol. The molecule has 0 unspecified atom stereocenters. The number of carbonyl (C=O) groups excluding carboxylic acids is 2. The summed E-state index contributed by atoms with van der Waals surface area (Å²) in [6.07, 6.45) is 1.83. The number of aliphatic hydroxyl groups is 1. The number of pyridine rings is 1. The van der Waals surface area contributed by atoms with Crippen LogP contribution < -0.4 is 0 Å². The minimum Gasteiger partial charge on any atom is -0.393 e. The van der Waals surface area contributed by atoms with Crippen LogP contribution in [-0.4, -0.2) is 47.5 Å². The summed E-state index contributed by atoms with van der Waals surface area (Å²) in [4.78, 5) is 38.0. The van der Waals surface area contributed by atoms with Crippen LogP contribution in [0, 0.1) is 6.92 Å². The van der Waals surface area contributed by atoms with Gasteiger partial charge in [-0.25, -0.2) is 9.97 Å². The topological polar surface area (TPSA) is 101 Å². The highest BCUT2D eigenvalue weighted by Crippen LogP contribution is 2.50. The molecule has 3 aromatic heterocycles. The van der Waals surface area contributed by atoms with Crippen molar-refractivity contribution < 1.29 is 14.7 Å². The predicted molar refractivity (Wildman–Crippen MR) is 158 cm³/mol. The second-order valence-electron chi connectivity index (χ2n) is 11.1. The van der Waals surface area contributed by atoms with E-state index in [9.17, 15) is 14.7 Å². The maximum atomic E-state index is 13.4. The average molecular weight is 552 g/mol. The highest BCUT2D eigenvalue weighted by molar-refractivity contribution is 6.22. The number of carbonyl (C=O) groups is 2. The van der Waals surface area contributed by atoms with E-state index in [0.29, 0.717) is 29.6 Å². The number of aliphatic hydroxyl groups excluding tert-OH is 1. The number of nitrogens with zero attached hydrogens (tertiary/aromatic N) is 5. The van der Waals surface area contributed by atoms with Gasteiger partial charge in [0.1, 0.15) is 0 Å². The molecule has 6 aromatic rings. The Kier molecular flexibility index (Phi) is 5.20. The van der Waals surface area contributed by atoms with Crippen molar-refractivity contribution in [3.63, 3.8) is 0 Å². The normalized spacial score (nSPS) is 19.9. The van der Waals surface area contributed by atoms with Crippen LogP contribution in [0.1, 0.15) is 44.8 Å². The van der Waals surface area contributed by atoms with E-state index in [1.54, 1.807) is 28.8 Å². The van der Waals surface area contributed by atoms with E-state index in [0.717, 1.165) is 44.7 Å². The first-order valence-electron chi connectivity index (χ1n) is 13.9. The molecule has 1 aliphatic heterocycles. The lowest BCUT2D eigenvalue weighted by molar-refractivity contribution is -0.0507. The van der Waals surface area contributed by atoms with E-state index in [1.165, 1.54) is 4.90 Å². The minimum atomic E-state index is -0.908. The van der Waals surface area contributed by atoms with E-state index in [4.69, 9.17) is 4.98 Å². The molecule has 42 heavy (non-hydrogen) atoms. The Morgan fingerprint density at radius 2 is 1.48 bits per heavy atom. The molecule has 0 bridgehead atoms. The Balaban J connectivity index is 1.26. The SMILES string of the molecule is Cc1cc2ncc3cc(-c4ccccc4)c(-c4ccc([C@]5(N6C(=O)c7ccccc7C6=O)C[C@H](O)C5)cc4)nc3n2n1. The zero-order chi connectivity index (χ0) is 28.6. The zero-order valence-corrected chi connectivity index (χ0v) is 22.7. The molecule has 1 fully saturated rings. The van der Waals surface area contributed by atoms with Crippen LogP contribution >= 0.6 is 0 Å². The molecule has 8 heteroatoms. The third-order valence-corrected chi connectivity index (χ3v) is 8.53. The number of hydrogen-bond donors (Lipinski definition) is 1. The van der Waals surface area contributed by atoms with Crippen LogP contribution in [0.3, 0.4) is 0 Å². The smallest absolute Gasteiger partial charge is 0.262 e. The summed E-state index contributed by atoms with van der Waals surface area (Å²) in [5.74, 6) is -0.637. The lowest BCUT2D eigenvalue weighted by Gasteiger charge is -2.50. The van der Waals surface area contributed by atoms with Crippen LogP contribution in [0.25, 0.3) is 39.1 Å². The van der Waals surface area contributed by atoms with Crippen molar-refractivity contribution in [2.45, 2.75) is 31.4 Å². The van der Waals surface area contributed by atoms with Gasteiger partial charge >= 0.3 is 0 Å². The number of hydrogen-bond acceptors (Lipinski definition) is 6. The second kappa shape index (κ2) is 8.89. The zero-order valence-electron chi connectivity index (χ0n) is 22.7. The number of fused-ring (bicyclic) bond motifs is 4. The lowest BCUT2D eigenvalue weighted by atomic mass is 9.68. The van der Waals surface area contributed by atoms with Gasteiger partial charge in [0.05, 0.1) is 34.2 Å². The van der Waals surface area contributed by atoms with Crippen molar-refractivity contribution in [1.29, 1.82) is 0 Å². The van der Waals surface area contributed by atoms with Crippen LogP contribution in [0.4, 0.5) is 0 Å². The minimum absolute atomic E-state index is 0.297. The molecular formula is C34H25N5O3. The summed E-state index contributed by atoms with van der Waals surface area (Å²) in [5.41, 5.74) is 6.64. The van der Waals surface area contributed by atoms with Crippen molar-refractivity contribution in [2.75, 3.05) is 0 Å². The van der Waals surface area contributed by atoms with Gasteiger partial charge in [-0.3, -0.25) is 14.5 Å².